The third-order valence-corrected chi connectivity index (χ3v) is 11.7. The molecule has 7 nitrogen and oxygen atoms in total. The third kappa shape index (κ3) is 7.59. The number of nitrogens with zero attached hydrogens (tertiary/aromatic N) is 1. The number of nitrogens with one attached hydrogen (secondary N) is 1. The summed E-state index contributed by atoms with van der Waals surface area (Å²) in [5.41, 5.74) is 2.08. The normalized spacial score (nSPS) is 17.9. The zero-order valence-corrected chi connectivity index (χ0v) is 29.8. The van der Waals surface area contributed by atoms with Gasteiger partial charge in [-0.2, -0.15) is 0 Å². The minimum absolute atomic E-state index is 0.0208. The van der Waals surface area contributed by atoms with Gasteiger partial charge in [0.05, 0.1) is 22.2 Å². The fraction of sp³-hybridized carbons (Fsp3) is 0.389. The number of thiophene rings is 1. The third-order valence-electron chi connectivity index (χ3n) is 9.12. The number of carboxylic acid groups (broad SMARTS) is 1. The van der Waals surface area contributed by atoms with E-state index in [2.05, 4.69) is 5.32 Å². The van der Waals surface area contributed by atoms with E-state index in [9.17, 15) is 28.0 Å². The maximum Gasteiger partial charge on any atom is 0.404 e. The highest BCUT2D eigenvalue weighted by Crippen LogP contribution is 2.42. The Balaban J connectivity index is 1.54. The van der Waals surface area contributed by atoms with Crippen LogP contribution in [0.1, 0.15) is 61.7 Å². The SMILES string of the molecule is COc1ccc(-c2cccc([S+](C)[O-])c2)cc1CN(C(=O)c1sc2c(F)ccc(F)c2c1Cl)C1CCC(C(NC(=O)O)C(C)(C)C)CC1. The lowest BCUT2D eigenvalue weighted by Gasteiger charge is -2.43. The van der Waals surface area contributed by atoms with Gasteiger partial charge in [0.1, 0.15) is 28.5 Å². The van der Waals surface area contributed by atoms with Crippen LogP contribution in [0, 0.1) is 23.0 Å². The first-order valence-corrected chi connectivity index (χ1v) is 18.4. The van der Waals surface area contributed by atoms with Crippen molar-refractivity contribution in [1.82, 2.24) is 10.2 Å². The number of carbonyl (C=O) groups excluding carboxylic acids is 1. The molecule has 1 aliphatic rings. The molecule has 48 heavy (non-hydrogen) atoms. The van der Waals surface area contributed by atoms with Crippen LogP contribution in [0.25, 0.3) is 21.2 Å². The van der Waals surface area contributed by atoms with Gasteiger partial charge in [-0.3, -0.25) is 4.79 Å². The smallest absolute Gasteiger partial charge is 0.404 e. The van der Waals surface area contributed by atoms with Crippen molar-refractivity contribution in [2.75, 3.05) is 13.4 Å². The van der Waals surface area contributed by atoms with Gasteiger partial charge in [-0.15, -0.1) is 11.3 Å². The van der Waals surface area contributed by atoms with Crippen LogP contribution in [0.5, 0.6) is 5.75 Å². The fourth-order valence-corrected chi connectivity index (χ4v) is 8.84. The first-order chi connectivity index (χ1) is 22.7. The highest BCUT2D eigenvalue weighted by Gasteiger charge is 2.39. The first-order valence-electron chi connectivity index (χ1n) is 15.7. The predicted octanol–water partition coefficient (Wildman–Crippen LogP) is 9.13. The van der Waals surface area contributed by atoms with Crippen LogP contribution >= 0.6 is 22.9 Å². The van der Waals surface area contributed by atoms with Gasteiger partial charge in [0.2, 0.25) is 0 Å². The van der Waals surface area contributed by atoms with Crippen LogP contribution in [0.4, 0.5) is 13.6 Å². The molecule has 0 saturated heterocycles. The molecule has 1 heterocycles. The lowest BCUT2D eigenvalue weighted by atomic mass is 9.72. The van der Waals surface area contributed by atoms with Crippen LogP contribution in [0.2, 0.25) is 5.02 Å². The highest BCUT2D eigenvalue weighted by molar-refractivity contribution is 7.90. The van der Waals surface area contributed by atoms with Crippen LogP contribution in [-0.2, 0) is 17.7 Å². The quantitative estimate of drug-likeness (QED) is 0.168. The molecule has 1 aromatic heterocycles. The molecule has 0 radical (unpaired) electrons. The summed E-state index contributed by atoms with van der Waals surface area (Å²) in [5.74, 6) is -1.20. The van der Waals surface area contributed by atoms with Crippen molar-refractivity contribution in [2.45, 2.75) is 70.0 Å². The molecule has 5 rings (SSSR count). The average molecular weight is 717 g/mol. The van der Waals surface area contributed by atoms with E-state index in [4.69, 9.17) is 16.3 Å². The van der Waals surface area contributed by atoms with Crippen LogP contribution in [0.15, 0.2) is 59.5 Å². The van der Waals surface area contributed by atoms with E-state index in [1.165, 1.54) is 0 Å². The van der Waals surface area contributed by atoms with E-state index in [-0.39, 0.29) is 49.9 Å². The summed E-state index contributed by atoms with van der Waals surface area (Å²) in [6.07, 6.45) is 3.05. The Labute approximate surface area is 291 Å². The van der Waals surface area contributed by atoms with E-state index in [0.717, 1.165) is 34.6 Å². The number of amides is 2. The summed E-state index contributed by atoms with van der Waals surface area (Å²) < 4.78 is 47.5. The van der Waals surface area contributed by atoms with Crippen molar-refractivity contribution < 1.29 is 32.8 Å². The van der Waals surface area contributed by atoms with Crippen molar-refractivity contribution in [3.8, 4) is 16.9 Å². The zero-order valence-electron chi connectivity index (χ0n) is 27.4. The number of fused-ring (bicyclic) bond motifs is 1. The highest BCUT2D eigenvalue weighted by atomic mass is 35.5. The molecule has 2 unspecified atom stereocenters. The number of methoxy groups -OCH3 is 1. The van der Waals surface area contributed by atoms with Crippen molar-refractivity contribution in [3.63, 3.8) is 0 Å². The summed E-state index contributed by atoms with van der Waals surface area (Å²) in [6.45, 7) is 6.13. The molecule has 12 heteroatoms. The lowest BCUT2D eigenvalue weighted by Crippen LogP contribution is -2.50. The number of hydrogen-bond acceptors (Lipinski definition) is 5. The molecular formula is C36H39ClF2N2O5S2. The minimum Gasteiger partial charge on any atom is -0.612 e. The standard InChI is InChI=1S/C36H39ClF2N2O5S2/c1-36(2,3)33(40-35(43)44)20-9-12-24(13-10-20)41(34(42)32-30(37)29-26(38)14-15-27(39)31(29)47-32)19-23-17-22(11-16-28(23)46-4)21-7-6-8-25(18-21)48(5)45/h6-8,11,14-18,20,24,33,40H,9-10,12-13,19H2,1-5H3,(H,43,44). The van der Waals surface area contributed by atoms with E-state index in [1.54, 1.807) is 24.3 Å². The van der Waals surface area contributed by atoms with E-state index in [1.807, 2.05) is 57.2 Å². The molecular weight excluding hydrogens is 678 g/mol. The lowest BCUT2D eigenvalue weighted by molar-refractivity contribution is 0.0543. The van der Waals surface area contributed by atoms with Crippen molar-refractivity contribution in [1.29, 1.82) is 0 Å². The monoisotopic (exact) mass is 716 g/mol. The number of benzene rings is 3. The number of ether oxygens (including phenoxy) is 1. The van der Waals surface area contributed by atoms with Gasteiger partial charge in [-0.1, -0.05) is 50.6 Å². The molecule has 1 aliphatic carbocycles. The molecule has 0 aliphatic heterocycles. The molecule has 4 aromatic rings. The van der Waals surface area contributed by atoms with E-state index in [0.29, 0.717) is 41.9 Å². The average Bonchev–Trinajstić information content (AvgIpc) is 3.41. The number of halogens is 3. The predicted molar refractivity (Wildman–Crippen MR) is 188 cm³/mol. The molecule has 3 aromatic carbocycles. The Morgan fingerprint density at radius 1 is 1.08 bits per heavy atom. The Hall–Kier alpha value is -3.38. The van der Waals surface area contributed by atoms with Gasteiger partial charge in [0.25, 0.3) is 5.91 Å². The maximum atomic E-state index is 14.8. The van der Waals surface area contributed by atoms with Gasteiger partial charge >= 0.3 is 6.09 Å². The van der Waals surface area contributed by atoms with Gasteiger partial charge < -0.3 is 24.6 Å². The van der Waals surface area contributed by atoms with Crippen LogP contribution < -0.4 is 10.1 Å². The van der Waals surface area contributed by atoms with E-state index < -0.39 is 34.8 Å². The maximum absolute atomic E-state index is 14.8. The van der Waals surface area contributed by atoms with Crippen molar-refractivity contribution >= 4 is 56.2 Å². The first kappa shape index (κ1) is 35.9. The molecule has 256 valence electrons. The zero-order chi connectivity index (χ0) is 34.9. The topological polar surface area (TPSA) is 102 Å². The summed E-state index contributed by atoms with van der Waals surface area (Å²) >= 11 is 6.29. The Morgan fingerprint density at radius 3 is 2.35 bits per heavy atom. The Morgan fingerprint density at radius 2 is 1.75 bits per heavy atom. The second kappa shape index (κ2) is 14.6. The molecule has 1 saturated carbocycles. The van der Waals surface area contributed by atoms with E-state index >= 15 is 0 Å². The molecule has 1 fully saturated rings. The number of rotatable bonds is 9. The van der Waals surface area contributed by atoms with Gasteiger partial charge in [0, 0.05) is 30.3 Å². The second-order valence-corrected chi connectivity index (χ2v) is 16.1. The Kier molecular flexibility index (Phi) is 10.9. The molecule has 2 atom stereocenters. The second-order valence-electron chi connectivity index (χ2n) is 13.3. The van der Waals surface area contributed by atoms with Gasteiger partial charge in [-0.25, -0.2) is 13.6 Å². The van der Waals surface area contributed by atoms with Crippen molar-refractivity contribution in [2.24, 2.45) is 11.3 Å². The molecule has 0 spiro atoms. The molecule has 2 N–H and O–H groups in total. The van der Waals surface area contributed by atoms with Gasteiger partial charge in [-0.05, 0) is 89.7 Å². The van der Waals surface area contributed by atoms with Crippen LogP contribution in [-0.4, -0.2) is 52.0 Å². The minimum atomic E-state index is -1.17. The summed E-state index contributed by atoms with van der Waals surface area (Å²) in [6, 6.07) is 14.5. The summed E-state index contributed by atoms with van der Waals surface area (Å²) in [4.78, 5) is 28.6. The molecule has 0 bridgehead atoms. The summed E-state index contributed by atoms with van der Waals surface area (Å²) in [5, 5.41) is 12.0. The van der Waals surface area contributed by atoms with Crippen molar-refractivity contribution in [3.05, 3.63) is 81.7 Å². The largest absolute Gasteiger partial charge is 0.612 e. The Bertz CT molecular complexity index is 1820. The number of hydrogen-bond donors (Lipinski definition) is 2. The van der Waals surface area contributed by atoms with Gasteiger partial charge in [0.15, 0.2) is 4.90 Å². The van der Waals surface area contributed by atoms with Crippen LogP contribution in [0.3, 0.4) is 0 Å². The summed E-state index contributed by atoms with van der Waals surface area (Å²) in [7, 11) is 1.55. The number of carbonyl (C=O) groups is 2. The fourth-order valence-electron chi connectivity index (χ4n) is 6.77. The molecule has 2 amide bonds.